The van der Waals surface area contributed by atoms with Crippen LogP contribution in [0.5, 0.6) is 17.2 Å². The van der Waals surface area contributed by atoms with Crippen molar-refractivity contribution in [1.82, 2.24) is 4.98 Å². The number of carbonyl (C=O) groups is 1. The van der Waals surface area contributed by atoms with Gasteiger partial charge < -0.3 is 24.8 Å². The van der Waals surface area contributed by atoms with Gasteiger partial charge in [0.2, 0.25) is 5.75 Å². The van der Waals surface area contributed by atoms with Crippen molar-refractivity contribution in [1.29, 1.82) is 0 Å². The van der Waals surface area contributed by atoms with E-state index in [2.05, 4.69) is 10.6 Å². The normalized spacial score (nSPS) is 10.7. The lowest BCUT2D eigenvalue weighted by molar-refractivity contribution is 0.102. The van der Waals surface area contributed by atoms with E-state index in [1.165, 1.54) is 0 Å². The molecule has 37 heavy (non-hydrogen) atoms. The van der Waals surface area contributed by atoms with Gasteiger partial charge in [0.25, 0.3) is 5.91 Å². The number of hydrogen-bond donors (Lipinski definition) is 2. The van der Waals surface area contributed by atoms with Crippen LogP contribution < -0.4 is 24.8 Å². The molecule has 0 bridgehead atoms. The molecule has 0 spiro atoms. The van der Waals surface area contributed by atoms with Gasteiger partial charge in [-0.1, -0.05) is 17.7 Å². The van der Waals surface area contributed by atoms with Crippen LogP contribution >= 0.6 is 11.6 Å². The summed E-state index contributed by atoms with van der Waals surface area (Å²) in [6.45, 7) is 8.97. The van der Waals surface area contributed by atoms with E-state index in [0.717, 1.165) is 22.2 Å². The van der Waals surface area contributed by atoms with Gasteiger partial charge in [-0.2, -0.15) is 0 Å². The summed E-state index contributed by atoms with van der Waals surface area (Å²) in [7, 11) is 0. The summed E-state index contributed by atoms with van der Waals surface area (Å²) in [4.78, 5) is 17.9. The number of hydrogen-bond acceptors (Lipinski definition) is 6. The molecule has 0 aliphatic rings. The second-order valence-corrected chi connectivity index (χ2v) is 8.68. The van der Waals surface area contributed by atoms with E-state index >= 15 is 0 Å². The second kappa shape index (κ2) is 11.8. The highest BCUT2D eigenvalue weighted by Gasteiger charge is 2.19. The zero-order valence-corrected chi connectivity index (χ0v) is 22.1. The number of carbonyl (C=O) groups excluding carboxylic acids is 1. The molecule has 0 aliphatic carbocycles. The van der Waals surface area contributed by atoms with Gasteiger partial charge in [0.15, 0.2) is 11.5 Å². The van der Waals surface area contributed by atoms with Crippen molar-refractivity contribution in [3.8, 4) is 17.2 Å². The van der Waals surface area contributed by atoms with E-state index < -0.39 is 0 Å². The Morgan fingerprint density at radius 3 is 2.22 bits per heavy atom. The lowest BCUT2D eigenvalue weighted by atomic mass is 10.1. The quantitative estimate of drug-likeness (QED) is 0.227. The molecule has 0 saturated carbocycles. The van der Waals surface area contributed by atoms with Crippen molar-refractivity contribution in [3.63, 3.8) is 0 Å². The molecule has 2 N–H and O–H groups in total. The molecule has 0 saturated heterocycles. The maximum atomic E-state index is 13.2. The number of halogens is 1. The fourth-order valence-corrected chi connectivity index (χ4v) is 4.16. The third kappa shape index (κ3) is 6.24. The lowest BCUT2D eigenvalue weighted by Crippen LogP contribution is -2.13. The topological polar surface area (TPSA) is 81.7 Å². The fourth-order valence-electron chi connectivity index (χ4n) is 3.97. The Labute approximate surface area is 221 Å². The Balaban J connectivity index is 1.60. The number of ether oxygens (including phenoxy) is 3. The van der Waals surface area contributed by atoms with Crippen molar-refractivity contribution in [2.75, 3.05) is 30.5 Å². The Morgan fingerprint density at radius 1 is 0.865 bits per heavy atom. The molecule has 0 fully saturated rings. The third-order valence-electron chi connectivity index (χ3n) is 5.54. The Morgan fingerprint density at radius 2 is 1.57 bits per heavy atom. The van der Waals surface area contributed by atoms with E-state index in [1.807, 2.05) is 76.2 Å². The Bertz CT molecular complexity index is 1400. The van der Waals surface area contributed by atoms with Crippen molar-refractivity contribution < 1.29 is 19.0 Å². The molecule has 4 rings (SSSR count). The molecule has 0 unspecified atom stereocenters. The lowest BCUT2D eigenvalue weighted by Gasteiger charge is -2.17. The van der Waals surface area contributed by atoms with Crippen molar-refractivity contribution in [2.24, 2.45) is 0 Å². The third-order valence-corrected chi connectivity index (χ3v) is 5.78. The van der Waals surface area contributed by atoms with Gasteiger partial charge in [0.1, 0.15) is 5.82 Å². The predicted molar refractivity (Wildman–Crippen MR) is 149 cm³/mol. The van der Waals surface area contributed by atoms with Crippen LogP contribution in [0.4, 0.5) is 17.2 Å². The summed E-state index contributed by atoms with van der Waals surface area (Å²) in [5.74, 6) is 1.87. The number of aryl methyl sites for hydroxylation is 1. The Kier molecular flexibility index (Phi) is 8.36. The monoisotopic (exact) mass is 519 g/mol. The number of pyridine rings is 1. The molecule has 7 nitrogen and oxygen atoms in total. The van der Waals surface area contributed by atoms with Crippen LogP contribution in [-0.4, -0.2) is 30.7 Å². The van der Waals surface area contributed by atoms with Gasteiger partial charge in [-0.25, -0.2) is 4.98 Å². The summed E-state index contributed by atoms with van der Waals surface area (Å²) in [6.07, 6.45) is 0. The highest BCUT2D eigenvalue weighted by atomic mass is 35.5. The summed E-state index contributed by atoms with van der Waals surface area (Å²) in [5.41, 5.74) is 3.75. The van der Waals surface area contributed by atoms with Gasteiger partial charge >= 0.3 is 0 Å². The molecule has 1 heterocycles. The zero-order chi connectivity index (χ0) is 26.4. The first-order chi connectivity index (χ1) is 17.9. The fraction of sp³-hybridized carbons (Fsp3) is 0.241. The van der Waals surface area contributed by atoms with Gasteiger partial charge in [-0.05, 0) is 87.9 Å². The van der Waals surface area contributed by atoms with Crippen molar-refractivity contribution >= 4 is 45.6 Å². The van der Waals surface area contributed by atoms with E-state index in [0.29, 0.717) is 59.2 Å². The zero-order valence-electron chi connectivity index (χ0n) is 21.4. The molecule has 0 aliphatic heterocycles. The maximum Gasteiger partial charge on any atom is 0.255 e. The largest absolute Gasteiger partial charge is 0.490 e. The molecular formula is C29H30ClN3O4. The summed E-state index contributed by atoms with van der Waals surface area (Å²) < 4.78 is 17.2. The smallest absolute Gasteiger partial charge is 0.255 e. The molecular weight excluding hydrogens is 490 g/mol. The van der Waals surface area contributed by atoms with Crippen LogP contribution in [0.25, 0.3) is 10.9 Å². The number of fused-ring (bicyclic) bond motifs is 1. The highest BCUT2D eigenvalue weighted by molar-refractivity contribution is 6.30. The Hall–Kier alpha value is -3.97. The van der Waals surface area contributed by atoms with Gasteiger partial charge in [-0.3, -0.25) is 4.79 Å². The van der Waals surface area contributed by atoms with Gasteiger partial charge in [0, 0.05) is 27.3 Å². The SMILES string of the molecule is CCOc1cc(C(=O)Nc2ccc3nc(Nc4cccc(Cl)c4)cc(C)c3c2)cc(OCC)c1OCC. The standard InChI is InChI=1S/C29H30ClN3O4/c1-5-35-25-14-19(15-26(36-6-2)28(25)37-7-3)29(34)32-22-11-12-24-23(17-22)18(4)13-27(33-24)31-21-10-8-9-20(30)16-21/h8-17H,5-7H2,1-4H3,(H,31,33)(H,32,34). The second-order valence-electron chi connectivity index (χ2n) is 8.25. The van der Waals surface area contributed by atoms with E-state index in [9.17, 15) is 4.79 Å². The van der Waals surface area contributed by atoms with Crippen LogP contribution in [0.1, 0.15) is 36.7 Å². The van der Waals surface area contributed by atoms with Gasteiger partial charge in [-0.15, -0.1) is 0 Å². The average molecular weight is 520 g/mol. The van der Waals surface area contributed by atoms with Crippen molar-refractivity contribution in [3.05, 3.63) is 76.8 Å². The van der Waals surface area contributed by atoms with E-state index in [4.69, 9.17) is 30.8 Å². The van der Waals surface area contributed by atoms with Crippen molar-refractivity contribution in [2.45, 2.75) is 27.7 Å². The maximum absolute atomic E-state index is 13.2. The minimum atomic E-state index is -0.283. The molecule has 1 aromatic heterocycles. The van der Waals surface area contributed by atoms with Crippen LogP contribution in [0, 0.1) is 6.92 Å². The molecule has 192 valence electrons. The minimum Gasteiger partial charge on any atom is -0.490 e. The summed E-state index contributed by atoms with van der Waals surface area (Å²) in [5, 5.41) is 7.86. The van der Waals surface area contributed by atoms with Gasteiger partial charge in [0.05, 0.1) is 25.3 Å². The molecule has 4 aromatic rings. The average Bonchev–Trinajstić information content (AvgIpc) is 2.86. The molecule has 0 atom stereocenters. The number of rotatable bonds is 10. The highest BCUT2D eigenvalue weighted by Crippen LogP contribution is 2.39. The number of benzene rings is 3. The van der Waals surface area contributed by atoms with E-state index in [-0.39, 0.29) is 5.91 Å². The first-order valence-corrected chi connectivity index (χ1v) is 12.6. The van der Waals surface area contributed by atoms with Crippen LogP contribution in [0.2, 0.25) is 5.02 Å². The first-order valence-electron chi connectivity index (χ1n) is 12.2. The first kappa shape index (κ1) is 26.1. The molecule has 1 amide bonds. The molecule has 3 aromatic carbocycles. The summed E-state index contributed by atoms with van der Waals surface area (Å²) in [6, 6.07) is 18.4. The number of anilines is 3. The number of amides is 1. The molecule has 8 heteroatoms. The predicted octanol–water partition coefficient (Wildman–Crippen LogP) is 7.39. The minimum absolute atomic E-state index is 0.283. The van der Waals surface area contributed by atoms with Crippen LogP contribution in [0.15, 0.2) is 60.7 Å². The van der Waals surface area contributed by atoms with Crippen LogP contribution in [-0.2, 0) is 0 Å². The number of nitrogens with one attached hydrogen (secondary N) is 2. The molecule has 0 radical (unpaired) electrons. The number of nitrogens with zero attached hydrogens (tertiary/aromatic N) is 1. The summed E-state index contributed by atoms with van der Waals surface area (Å²) >= 11 is 6.10. The number of aromatic nitrogens is 1. The van der Waals surface area contributed by atoms with Crippen LogP contribution in [0.3, 0.4) is 0 Å². The van der Waals surface area contributed by atoms with E-state index in [1.54, 1.807) is 12.1 Å².